The molecule has 92 valence electrons. The van der Waals surface area contributed by atoms with Gasteiger partial charge in [0.1, 0.15) is 0 Å². The number of anilines is 1. The number of amides is 2. The van der Waals surface area contributed by atoms with E-state index >= 15 is 0 Å². The number of nitrogens with zero attached hydrogens (tertiary/aromatic N) is 2. The lowest BCUT2D eigenvalue weighted by Crippen LogP contribution is -2.45. The van der Waals surface area contributed by atoms with Gasteiger partial charge in [-0.15, -0.1) is 0 Å². The molecule has 2 aliphatic rings. The lowest BCUT2D eigenvalue weighted by Gasteiger charge is -2.25. The Morgan fingerprint density at radius 2 is 1.72 bits per heavy atom. The second-order valence-electron chi connectivity index (χ2n) is 4.44. The van der Waals surface area contributed by atoms with Crippen LogP contribution in [0.15, 0.2) is 24.3 Å². The van der Waals surface area contributed by atoms with Gasteiger partial charge in [0.25, 0.3) is 0 Å². The van der Waals surface area contributed by atoms with E-state index < -0.39 is 0 Å². The van der Waals surface area contributed by atoms with Crippen LogP contribution in [0.2, 0.25) is 0 Å². The molecule has 2 amide bonds. The van der Waals surface area contributed by atoms with Crippen LogP contribution >= 0.6 is 12.2 Å². The van der Waals surface area contributed by atoms with Crippen molar-refractivity contribution < 1.29 is 9.59 Å². The fraction of sp³-hybridized carbons (Fsp3) is 0.308. The summed E-state index contributed by atoms with van der Waals surface area (Å²) in [5.41, 5.74) is 2.22. The van der Waals surface area contributed by atoms with Gasteiger partial charge in [-0.1, -0.05) is 18.2 Å². The maximum Gasteiger partial charge on any atom is 0.236 e. The lowest BCUT2D eigenvalue weighted by atomic mass is 10.2. The quantitative estimate of drug-likeness (QED) is 0.523. The summed E-state index contributed by atoms with van der Waals surface area (Å²) < 4.78 is 0. The highest BCUT2D eigenvalue weighted by molar-refractivity contribution is 7.80. The maximum absolute atomic E-state index is 11.7. The predicted molar refractivity (Wildman–Crippen MR) is 71.2 cm³/mol. The summed E-state index contributed by atoms with van der Waals surface area (Å²) in [6, 6.07) is 7.94. The van der Waals surface area contributed by atoms with Gasteiger partial charge in [-0.05, 0) is 30.3 Å². The molecule has 0 aromatic heterocycles. The first-order valence-electron chi connectivity index (χ1n) is 5.93. The number of imide groups is 1. The number of hydrogen-bond donors (Lipinski definition) is 0. The van der Waals surface area contributed by atoms with Crippen LogP contribution in [0.5, 0.6) is 0 Å². The van der Waals surface area contributed by atoms with Crippen LogP contribution < -0.4 is 4.90 Å². The SMILES string of the molecule is O=C1CCC(=O)N1C(=S)N1CCc2ccccc21. The smallest absolute Gasteiger partial charge is 0.236 e. The van der Waals surface area contributed by atoms with E-state index in [1.807, 2.05) is 29.2 Å². The summed E-state index contributed by atoms with van der Waals surface area (Å²) in [7, 11) is 0. The first kappa shape index (κ1) is 11.3. The molecule has 0 bridgehead atoms. The molecule has 0 saturated carbocycles. The van der Waals surface area contributed by atoms with E-state index in [-0.39, 0.29) is 24.7 Å². The fourth-order valence-corrected chi connectivity index (χ4v) is 2.84. The Morgan fingerprint density at radius 3 is 2.44 bits per heavy atom. The number of carbonyl (C=O) groups is 2. The average molecular weight is 260 g/mol. The maximum atomic E-state index is 11.7. The summed E-state index contributed by atoms with van der Waals surface area (Å²) in [5, 5.41) is 0.326. The second kappa shape index (κ2) is 4.17. The van der Waals surface area contributed by atoms with Crippen molar-refractivity contribution >= 4 is 34.8 Å². The van der Waals surface area contributed by atoms with Gasteiger partial charge >= 0.3 is 0 Å². The molecule has 0 N–H and O–H groups in total. The van der Waals surface area contributed by atoms with Crippen molar-refractivity contribution in [2.45, 2.75) is 19.3 Å². The van der Waals surface area contributed by atoms with Crippen LogP contribution in [-0.4, -0.2) is 28.4 Å². The van der Waals surface area contributed by atoms with Gasteiger partial charge < -0.3 is 4.90 Å². The van der Waals surface area contributed by atoms with E-state index in [1.54, 1.807) is 0 Å². The standard InChI is InChI=1S/C13H12N2O2S/c16-11-5-6-12(17)15(11)13(18)14-8-7-9-3-1-2-4-10(9)14/h1-4H,5-8H2. The number of thiocarbonyl (C=S) groups is 1. The third kappa shape index (κ3) is 1.62. The lowest BCUT2D eigenvalue weighted by molar-refractivity contribution is -0.133. The molecule has 1 saturated heterocycles. The minimum Gasteiger partial charge on any atom is -0.318 e. The van der Waals surface area contributed by atoms with Gasteiger partial charge in [-0.3, -0.25) is 9.59 Å². The zero-order valence-electron chi connectivity index (χ0n) is 9.76. The minimum absolute atomic E-state index is 0.186. The average Bonchev–Trinajstić information content (AvgIpc) is 2.93. The van der Waals surface area contributed by atoms with Crippen molar-refractivity contribution in [1.82, 2.24) is 4.90 Å². The van der Waals surface area contributed by atoms with Crippen molar-refractivity contribution in [3.05, 3.63) is 29.8 Å². The number of hydrogen-bond acceptors (Lipinski definition) is 3. The molecule has 0 atom stereocenters. The first-order valence-corrected chi connectivity index (χ1v) is 6.34. The van der Waals surface area contributed by atoms with Crippen molar-refractivity contribution in [1.29, 1.82) is 0 Å². The van der Waals surface area contributed by atoms with E-state index in [2.05, 4.69) is 0 Å². The van der Waals surface area contributed by atoms with Crippen LogP contribution in [0.1, 0.15) is 18.4 Å². The summed E-state index contributed by atoms with van der Waals surface area (Å²) in [6.07, 6.45) is 1.44. The molecule has 3 rings (SSSR count). The Labute approximate surface area is 110 Å². The minimum atomic E-state index is -0.186. The molecular weight excluding hydrogens is 248 g/mol. The third-order valence-electron chi connectivity index (χ3n) is 3.36. The van der Waals surface area contributed by atoms with Crippen molar-refractivity contribution in [2.24, 2.45) is 0 Å². The monoisotopic (exact) mass is 260 g/mol. The fourth-order valence-electron chi connectivity index (χ4n) is 2.45. The van der Waals surface area contributed by atoms with Crippen LogP contribution in [0.3, 0.4) is 0 Å². The molecule has 0 aliphatic carbocycles. The number of carbonyl (C=O) groups excluding carboxylic acids is 2. The zero-order chi connectivity index (χ0) is 12.7. The Balaban J connectivity index is 1.91. The van der Waals surface area contributed by atoms with Gasteiger partial charge in [0.2, 0.25) is 11.8 Å². The number of benzene rings is 1. The highest BCUT2D eigenvalue weighted by atomic mass is 32.1. The van der Waals surface area contributed by atoms with Gasteiger partial charge in [0, 0.05) is 25.1 Å². The second-order valence-corrected chi connectivity index (χ2v) is 4.80. The van der Waals surface area contributed by atoms with Gasteiger partial charge in [-0.2, -0.15) is 0 Å². The number of para-hydroxylation sites is 1. The van der Waals surface area contributed by atoms with Gasteiger partial charge in [0.15, 0.2) is 5.11 Å². The number of likely N-dealkylation sites (tertiary alicyclic amines) is 1. The predicted octanol–water partition coefficient (Wildman–Crippen LogP) is 1.48. The molecule has 0 spiro atoms. The summed E-state index contributed by atoms with van der Waals surface area (Å²) in [5.74, 6) is -0.372. The van der Waals surface area contributed by atoms with E-state index in [4.69, 9.17) is 12.2 Å². The molecule has 1 aromatic rings. The zero-order valence-corrected chi connectivity index (χ0v) is 10.6. The topological polar surface area (TPSA) is 40.6 Å². The molecule has 2 heterocycles. The highest BCUT2D eigenvalue weighted by Gasteiger charge is 2.36. The molecule has 1 aromatic carbocycles. The summed E-state index contributed by atoms with van der Waals surface area (Å²) in [6.45, 7) is 0.731. The normalized spacial score (nSPS) is 18.4. The van der Waals surface area contributed by atoms with Crippen LogP contribution in [0, 0.1) is 0 Å². The molecule has 0 radical (unpaired) electrons. The molecule has 18 heavy (non-hydrogen) atoms. The van der Waals surface area contributed by atoms with E-state index in [1.165, 1.54) is 5.56 Å². The Morgan fingerprint density at radius 1 is 1.06 bits per heavy atom. The Bertz CT molecular complexity index is 540. The van der Waals surface area contributed by atoms with E-state index in [0.29, 0.717) is 5.11 Å². The summed E-state index contributed by atoms with van der Waals surface area (Å²) >= 11 is 5.31. The third-order valence-corrected chi connectivity index (χ3v) is 3.76. The first-order chi connectivity index (χ1) is 8.68. The van der Waals surface area contributed by atoms with Crippen LogP contribution in [-0.2, 0) is 16.0 Å². The molecule has 4 nitrogen and oxygen atoms in total. The number of fused-ring (bicyclic) bond motifs is 1. The highest BCUT2D eigenvalue weighted by Crippen LogP contribution is 2.29. The van der Waals surface area contributed by atoms with Crippen LogP contribution in [0.4, 0.5) is 5.69 Å². The molecule has 5 heteroatoms. The van der Waals surface area contributed by atoms with E-state index in [9.17, 15) is 9.59 Å². The van der Waals surface area contributed by atoms with Crippen molar-refractivity contribution in [3.8, 4) is 0 Å². The van der Waals surface area contributed by atoms with Crippen molar-refractivity contribution in [2.75, 3.05) is 11.4 Å². The molecule has 0 unspecified atom stereocenters. The number of rotatable bonds is 0. The molecular formula is C13H12N2O2S. The Kier molecular flexibility index (Phi) is 2.63. The van der Waals surface area contributed by atoms with Gasteiger partial charge in [-0.25, -0.2) is 4.90 Å². The van der Waals surface area contributed by atoms with E-state index in [0.717, 1.165) is 23.6 Å². The summed E-state index contributed by atoms with van der Waals surface area (Å²) in [4.78, 5) is 26.4. The molecule has 1 fully saturated rings. The Hall–Kier alpha value is -1.75. The van der Waals surface area contributed by atoms with Crippen LogP contribution in [0.25, 0.3) is 0 Å². The largest absolute Gasteiger partial charge is 0.318 e. The molecule has 2 aliphatic heterocycles. The van der Waals surface area contributed by atoms with Gasteiger partial charge in [0.05, 0.1) is 0 Å². The van der Waals surface area contributed by atoms with Crippen molar-refractivity contribution in [3.63, 3.8) is 0 Å².